The Morgan fingerprint density at radius 3 is 2.67 bits per heavy atom. The Morgan fingerprint density at radius 1 is 1.47 bits per heavy atom. The highest BCUT2D eigenvalue weighted by Crippen LogP contribution is 2.09. The Hall–Kier alpha value is -1.42. The molecule has 0 N–H and O–H groups in total. The number of carbonyl (C=O) groups is 1. The number of aromatic nitrogens is 1. The van der Waals surface area contributed by atoms with Crippen molar-refractivity contribution in [2.75, 3.05) is 27.2 Å². The van der Waals surface area contributed by atoms with Crippen molar-refractivity contribution in [2.45, 2.75) is 6.92 Å². The van der Waals surface area contributed by atoms with Crippen LogP contribution in [0.2, 0.25) is 0 Å². The summed E-state index contributed by atoms with van der Waals surface area (Å²) in [6, 6.07) is 3.44. The Morgan fingerprint density at radius 2 is 2.20 bits per heavy atom. The molecule has 82 valence electrons. The quantitative estimate of drug-likeness (QED) is 0.682. The third-order valence-electron chi connectivity index (χ3n) is 1.90. The summed E-state index contributed by atoms with van der Waals surface area (Å²) in [6.07, 6.45) is 1.58. The lowest BCUT2D eigenvalue weighted by Crippen LogP contribution is -2.19. The van der Waals surface area contributed by atoms with Gasteiger partial charge in [0.05, 0.1) is 6.20 Å². The molecule has 0 spiro atoms. The maximum Gasteiger partial charge on any atom is 0.178 e. The molecule has 0 atom stereocenters. The lowest BCUT2D eigenvalue weighted by Gasteiger charge is -2.10. The van der Waals surface area contributed by atoms with E-state index in [9.17, 15) is 4.79 Å². The van der Waals surface area contributed by atoms with Gasteiger partial charge in [-0.1, -0.05) is 0 Å². The van der Waals surface area contributed by atoms with Crippen LogP contribution < -0.4 is 4.74 Å². The van der Waals surface area contributed by atoms with Gasteiger partial charge < -0.3 is 9.64 Å². The lowest BCUT2D eigenvalue weighted by atomic mass is 10.3. The molecule has 4 nitrogen and oxygen atoms in total. The van der Waals surface area contributed by atoms with E-state index in [2.05, 4.69) is 4.98 Å². The van der Waals surface area contributed by atoms with Gasteiger partial charge in [-0.05, 0) is 26.2 Å². The maximum absolute atomic E-state index is 11.0. The monoisotopic (exact) mass is 208 g/mol. The van der Waals surface area contributed by atoms with Crippen molar-refractivity contribution in [3.63, 3.8) is 0 Å². The third-order valence-corrected chi connectivity index (χ3v) is 1.90. The van der Waals surface area contributed by atoms with Crippen LogP contribution in [0.5, 0.6) is 5.75 Å². The molecule has 15 heavy (non-hydrogen) atoms. The Labute approximate surface area is 89.9 Å². The first-order valence-electron chi connectivity index (χ1n) is 4.84. The molecule has 0 amide bonds. The first kappa shape index (κ1) is 11.7. The Bertz CT molecular complexity index is 320. The molecule has 0 radical (unpaired) electrons. The molecule has 1 rings (SSSR count). The largest absolute Gasteiger partial charge is 0.491 e. The second-order valence-corrected chi connectivity index (χ2v) is 3.59. The average molecular weight is 208 g/mol. The van der Waals surface area contributed by atoms with Crippen molar-refractivity contribution in [1.29, 1.82) is 0 Å². The summed E-state index contributed by atoms with van der Waals surface area (Å²) >= 11 is 0. The number of likely N-dealkylation sites (N-methyl/N-ethyl adjacent to an activating group) is 1. The normalized spacial score (nSPS) is 10.4. The smallest absolute Gasteiger partial charge is 0.178 e. The van der Waals surface area contributed by atoms with Crippen LogP contribution in [0.3, 0.4) is 0 Å². The van der Waals surface area contributed by atoms with Gasteiger partial charge >= 0.3 is 0 Å². The second kappa shape index (κ2) is 5.46. The van der Waals surface area contributed by atoms with Crippen molar-refractivity contribution in [2.24, 2.45) is 0 Å². The van der Waals surface area contributed by atoms with E-state index in [1.54, 1.807) is 18.3 Å². The minimum atomic E-state index is -0.0326. The summed E-state index contributed by atoms with van der Waals surface area (Å²) in [6.45, 7) is 2.97. The fourth-order valence-corrected chi connectivity index (χ4v) is 1.02. The molecule has 0 aliphatic carbocycles. The fraction of sp³-hybridized carbons (Fsp3) is 0.455. The van der Waals surface area contributed by atoms with Crippen LogP contribution in [0, 0.1) is 0 Å². The molecule has 0 saturated carbocycles. The van der Waals surface area contributed by atoms with Gasteiger partial charge in [-0.15, -0.1) is 0 Å². The molecule has 0 aliphatic heterocycles. The first-order chi connectivity index (χ1) is 7.09. The van der Waals surface area contributed by atoms with E-state index in [1.165, 1.54) is 6.92 Å². The molecular formula is C11H16N2O2. The summed E-state index contributed by atoms with van der Waals surface area (Å²) in [5.74, 6) is 0.664. The van der Waals surface area contributed by atoms with E-state index < -0.39 is 0 Å². The summed E-state index contributed by atoms with van der Waals surface area (Å²) < 4.78 is 5.44. The standard InChI is InChI=1S/C11H16N2O2/c1-9(14)11-5-4-10(8-12-11)15-7-6-13(2)3/h4-5,8H,6-7H2,1-3H3. The molecule has 1 aromatic heterocycles. The van der Waals surface area contributed by atoms with Crippen molar-refractivity contribution >= 4 is 5.78 Å². The Kier molecular flexibility index (Phi) is 4.24. The minimum Gasteiger partial charge on any atom is -0.491 e. The van der Waals surface area contributed by atoms with Crippen molar-refractivity contribution in [3.8, 4) is 5.75 Å². The molecule has 0 fully saturated rings. The van der Waals surface area contributed by atoms with Crippen molar-refractivity contribution in [3.05, 3.63) is 24.0 Å². The topological polar surface area (TPSA) is 42.4 Å². The van der Waals surface area contributed by atoms with E-state index in [1.807, 2.05) is 19.0 Å². The van der Waals surface area contributed by atoms with Gasteiger partial charge in [-0.3, -0.25) is 4.79 Å². The zero-order valence-electron chi connectivity index (χ0n) is 9.36. The average Bonchev–Trinajstić information content (AvgIpc) is 2.18. The minimum absolute atomic E-state index is 0.0326. The highest BCUT2D eigenvalue weighted by Gasteiger charge is 2.01. The van der Waals surface area contributed by atoms with Gasteiger partial charge in [-0.2, -0.15) is 0 Å². The summed E-state index contributed by atoms with van der Waals surface area (Å²) in [5, 5.41) is 0. The molecule has 0 unspecified atom stereocenters. The van der Waals surface area contributed by atoms with E-state index in [0.29, 0.717) is 18.1 Å². The van der Waals surface area contributed by atoms with Crippen LogP contribution in [0.15, 0.2) is 18.3 Å². The molecular weight excluding hydrogens is 192 g/mol. The highest BCUT2D eigenvalue weighted by atomic mass is 16.5. The number of ether oxygens (including phenoxy) is 1. The predicted octanol–water partition coefficient (Wildman–Crippen LogP) is 1.22. The molecule has 0 aliphatic rings. The number of pyridine rings is 1. The fourth-order valence-electron chi connectivity index (χ4n) is 1.02. The van der Waals surface area contributed by atoms with Gasteiger partial charge in [0, 0.05) is 13.5 Å². The van der Waals surface area contributed by atoms with Crippen molar-refractivity contribution < 1.29 is 9.53 Å². The zero-order chi connectivity index (χ0) is 11.3. The third kappa shape index (κ3) is 4.08. The molecule has 1 heterocycles. The van der Waals surface area contributed by atoms with E-state index >= 15 is 0 Å². The highest BCUT2D eigenvalue weighted by molar-refractivity contribution is 5.92. The number of ketones is 1. The van der Waals surface area contributed by atoms with E-state index in [0.717, 1.165) is 6.54 Å². The summed E-state index contributed by atoms with van der Waals surface area (Å²) in [7, 11) is 3.97. The maximum atomic E-state index is 11.0. The number of rotatable bonds is 5. The molecule has 1 aromatic rings. The van der Waals surface area contributed by atoms with E-state index in [4.69, 9.17) is 4.74 Å². The summed E-state index contributed by atoms with van der Waals surface area (Å²) in [5.41, 5.74) is 0.468. The van der Waals surface area contributed by atoms with Crippen LogP contribution in [0.25, 0.3) is 0 Å². The Balaban J connectivity index is 2.46. The molecule has 0 saturated heterocycles. The van der Waals surface area contributed by atoms with Crippen LogP contribution in [0.4, 0.5) is 0 Å². The summed E-state index contributed by atoms with van der Waals surface area (Å²) in [4.78, 5) is 17.0. The van der Waals surface area contributed by atoms with Gasteiger partial charge in [0.2, 0.25) is 0 Å². The van der Waals surface area contributed by atoms with Gasteiger partial charge in [0.15, 0.2) is 5.78 Å². The SMILES string of the molecule is CC(=O)c1ccc(OCCN(C)C)cn1. The lowest BCUT2D eigenvalue weighted by molar-refractivity contribution is 0.101. The van der Waals surface area contributed by atoms with Gasteiger partial charge in [-0.25, -0.2) is 4.98 Å². The number of carbonyl (C=O) groups excluding carboxylic acids is 1. The molecule has 0 bridgehead atoms. The number of Topliss-reactive ketones (excluding diaryl/α,β-unsaturated/α-hetero) is 1. The number of nitrogens with zero attached hydrogens (tertiary/aromatic N) is 2. The van der Waals surface area contributed by atoms with Crippen LogP contribution in [-0.4, -0.2) is 42.9 Å². The number of hydrogen-bond donors (Lipinski definition) is 0. The van der Waals surface area contributed by atoms with Gasteiger partial charge in [0.1, 0.15) is 18.1 Å². The van der Waals surface area contributed by atoms with Gasteiger partial charge in [0.25, 0.3) is 0 Å². The van der Waals surface area contributed by atoms with Crippen LogP contribution >= 0.6 is 0 Å². The molecule has 4 heteroatoms. The first-order valence-corrected chi connectivity index (χ1v) is 4.84. The molecule has 0 aromatic carbocycles. The van der Waals surface area contributed by atoms with Crippen LogP contribution in [0.1, 0.15) is 17.4 Å². The zero-order valence-corrected chi connectivity index (χ0v) is 9.36. The predicted molar refractivity (Wildman–Crippen MR) is 58.3 cm³/mol. The van der Waals surface area contributed by atoms with Crippen molar-refractivity contribution in [1.82, 2.24) is 9.88 Å². The van der Waals surface area contributed by atoms with E-state index in [-0.39, 0.29) is 5.78 Å². The van der Waals surface area contributed by atoms with Crippen LogP contribution in [-0.2, 0) is 0 Å². The second-order valence-electron chi connectivity index (χ2n) is 3.59. The number of hydrogen-bond acceptors (Lipinski definition) is 4.